The standard InChI is InChI=1S/C16H21N5O2/c1-9-10(2)19-14(11(3)18-9)16(22)20-12-6-8-23-15(12)13-5-7-17-21(13)4/h5,7,12,15H,6,8H2,1-4H3,(H,20,22)/t12-,15-/m0/s1. The molecule has 3 heterocycles. The molecule has 0 aliphatic carbocycles. The molecule has 1 saturated heterocycles. The maximum absolute atomic E-state index is 12.6. The maximum atomic E-state index is 12.6. The van der Waals surface area contributed by atoms with Gasteiger partial charge < -0.3 is 10.1 Å². The Kier molecular flexibility index (Phi) is 4.12. The van der Waals surface area contributed by atoms with Gasteiger partial charge in [0, 0.05) is 19.9 Å². The number of ether oxygens (including phenoxy) is 1. The number of carbonyl (C=O) groups is 1. The Bertz CT molecular complexity index is 740. The smallest absolute Gasteiger partial charge is 0.272 e. The minimum Gasteiger partial charge on any atom is -0.370 e. The Hall–Kier alpha value is -2.28. The minimum atomic E-state index is -0.208. The Balaban J connectivity index is 1.80. The molecule has 1 N–H and O–H groups in total. The van der Waals surface area contributed by atoms with Gasteiger partial charge in [-0.1, -0.05) is 0 Å². The highest BCUT2D eigenvalue weighted by atomic mass is 16.5. The van der Waals surface area contributed by atoms with E-state index in [0.717, 1.165) is 23.5 Å². The van der Waals surface area contributed by atoms with Gasteiger partial charge in [-0.2, -0.15) is 5.10 Å². The molecular weight excluding hydrogens is 294 g/mol. The van der Waals surface area contributed by atoms with Gasteiger partial charge >= 0.3 is 0 Å². The van der Waals surface area contributed by atoms with Crippen molar-refractivity contribution in [2.24, 2.45) is 7.05 Å². The SMILES string of the molecule is Cc1nc(C)c(C(=O)N[C@H]2CCO[C@@H]2c2ccnn2C)nc1C. The highest BCUT2D eigenvalue weighted by Gasteiger charge is 2.33. The van der Waals surface area contributed by atoms with E-state index in [1.165, 1.54) is 0 Å². The monoisotopic (exact) mass is 315 g/mol. The van der Waals surface area contributed by atoms with Crippen molar-refractivity contribution in [3.05, 3.63) is 40.7 Å². The zero-order valence-corrected chi connectivity index (χ0v) is 13.8. The lowest BCUT2D eigenvalue weighted by Gasteiger charge is -2.20. The third kappa shape index (κ3) is 2.96. The van der Waals surface area contributed by atoms with Gasteiger partial charge in [0.2, 0.25) is 0 Å². The fraction of sp³-hybridized carbons (Fsp3) is 0.500. The van der Waals surface area contributed by atoms with E-state index in [2.05, 4.69) is 20.4 Å². The molecule has 3 rings (SSSR count). The summed E-state index contributed by atoms with van der Waals surface area (Å²) >= 11 is 0. The van der Waals surface area contributed by atoms with E-state index >= 15 is 0 Å². The molecule has 0 spiro atoms. The molecule has 1 fully saturated rings. The van der Waals surface area contributed by atoms with Crippen molar-refractivity contribution in [2.45, 2.75) is 39.3 Å². The van der Waals surface area contributed by atoms with Gasteiger partial charge in [0.05, 0.1) is 28.8 Å². The summed E-state index contributed by atoms with van der Waals surface area (Å²) in [6.45, 7) is 6.16. The van der Waals surface area contributed by atoms with Crippen LogP contribution < -0.4 is 5.32 Å². The van der Waals surface area contributed by atoms with E-state index < -0.39 is 0 Å². The number of amides is 1. The lowest BCUT2D eigenvalue weighted by molar-refractivity contribution is 0.0788. The van der Waals surface area contributed by atoms with E-state index in [-0.39, 0.29) is 18.1 Å². The van der Waals surface area contributed by atoms with Crippen LogP contribution in [-0.2, 0) is 11.8 Å². The van der Waals surface area contributed by atoms with Crippen LogP contribution in [0.15, 0.2) is 12.3 Å². The average molecular weight is 315 g/mol. The molecule has 2 aromatic rings. The molecule has 2 atom stereocenters. The molecule has 0 unspecified atom stereocenters. The summed E-state index contributed by atoms with van der Waals surface area (Å²) in [5.41, 5.74) is 3.59. The summed E-state index contributed by atoms with van der Waals surface area (Å²) < 4.78 is 7.56. The number of rotatable bonds is 3. The number of aromatic nitrogens is 4. The summed E-state index contributed by atoms with van der Waals surface area (Å²) in [5.74, 6) is -0.208. The second-order valence-corrected chi connectivity index (χ2v) is 5.87. The maximum Gasteiger partial charge on any atom is 0.272 e. The molecule has 7 nitrogen and oxygen atoms in total. The molecule has 1 aliphatic heterocycles. The summed E-state index contributed by atoms with van der Waals surface area (Å²) in [6, 6.07) is 1.82. The van der Waals surface area contributed by atoms with Crippen molar-refractivity contribution in [1.29, 1.82) is 0 Å². The van der Waals surface area contributed by atoms with Crippen LogP contribution in [0, 0.1) is 20.8 Å². The normalized spacial score (nSPS) is 20.7. The quantitative estimate of drug-likeness (QED) is 0.925. The van der Waals surface area contributed by atoms with E-state index in [4.69, 9.17) is 4.74 Å². The summed E-state index contributed by atoms with van der Waals surface area (Å²) in [6.07, 6.45) is 2.31. The predicted molar refractivity (Wildman–Crippen MR) is 84.0 cm³/mol. The number of aryl methyl sites for hydroxylation is 4. The Morgan fingerprint density at radius 1 is 1.26 bits per heavy atom. The van der Waals surface area contributed by atoms with Gasteiger partial charge in [0.15, 0.2) is 0 Å². The number of nitrogens with zero attached hydrogens (tertiary/aromatic N) is 4. The van der Waals surface area contributed by atoms with Crippen LogP contribution in [0.25, 0.3) is 0 Å². The van der Waals surface area contributed by atoms with Crippen LogP contribution in [0.5, 0.6) is 0 Å². The van der Waals surface area contributed by atoms with Crippen LogP contribution in [0.4, 0.5) is 0 Å². The van der Waals surface area contributed by atoms with Gasteiger partial charge in [0.25, 0.3) is 5.91 Å². The first-order valence-electron chi connectivity index (χ1n) is 7.69. The van der Waals surface area contributed by atoms with Crippen molar-refractivity contribution in [3.8, 4) is 0 Å². The summed E-state index contributed by atoms with van der Waals surface area (Å²) in [7, 11) is 1.87. The average Bonchev–Trinajstić information content (AvgIpc) is 3.11. The summed E-state index contributed by atoms with van der Waals surface area (Å²) in [4.78, 5) is 21.4. The van der Waals surface area contributed by atoms with Crippen molar-refractivity contribution < 1.29 is 9.53 Å². The number of nitrogens with one attached hydrogen (secondary N) is 1. The van der Waals surface area contributed by atoms with Gasteiger partial charge in [-0.05, 0) is 33.3 Å². The molecule has 1 amide bonds. The van der Waals surface area contributed by atoms with Crippen molar-refractivity contribution in [1.82, 2.24) is 25.1 Å². The second-order valence-electron chi connectivity index (χ2n) is 5.87. The van der Waals surface area contributed by atoms with E-state index in [9.17, 15) is 4.79 Å². The van der Waals surface area contributed by atoms with E-state index in [0.29, 0.717) is 18.0 Å². The lowest BCUT2D eigenvalue weighted by atomic mass is 10.1. The van der Waals surface area contributed by atoms with Crippen LogP contribution in [0.2, 0.25) is 0 Å². The zero-order chi connectivity index (χ0) is 16.6. The molecule has 1 aliphatic rings. The van der Waals surface area contributed by atoms with Crippen molar-refractivity contribution >= 4 is 5.91 Å². The van der Waals surface area contributed by atoms with Crippen LogP contribution in [0.1, 0.15) is 45.8 Å². The molecule has 2 aromatic heterocycles. The Morgan fingerprint density at radius 3 is 2.70 bits per heavy atom. The van der Waals surface area contributed by atoms with E-state index in [1.807, 2.05) is 27.0 Å². The number of carbonyl (C=O) groups excluding carboxylic acids is 1. The van der Waals surface area contributed by atoms with E-state index in [1.54, 1.807) is 17.8 Å². The van der Waals surface area contributed by atoms with Crippen LogP contribution in [-0.4, -0.2) is 38.3 Å². The van der Waals surface area contributed by atoms with Crippen molar-refractivity contribution in [3.63, 3.8) is 0 Å². The molecule has 7 heteroatoms. The van der Waals surface area contributed by atoms with Gasteiger partial charge in [-0.25, -0.2) is 4.98 Å². The predicted octanol–water partition coefficient (Wildman–Crippen LogP) is 1.40. The topological polar surface area (TPSA) is 81.9 Å². The molecule has 0 aromatic carbocycles. The highest BCUT2D eigenvalue weighted by molar-refractivity contribution is 5.93. The summed E-state index contributed by atoms with van der Waals surface area (Å²) in [5, 5.41) is 7.21. The number of hydrogen-bond donors (Lipinski definition) is 1. The third-order valence-electron chi connectivity index (χ3n) is 4.25. The lowest BCUT2D eigenvalue weighted by Crippen LogP contribution is -2.38. The fourth-order valence-electron chi connectivity index (χ4n) is 2.86. The van der Waals surface area contributed by atoms with Crippen molar-refractivity contribution in [2.75, 3.05) is 6.61 Å². The first-order chi connectivity index (χ1) is 11.0. The first-order valence-corrected chi connectivity index (χ1v) is 7.69. The fourth-order valence-corrected chi connectivity index (χ4v) is 2.86. The van der Waals surface area contributed by atoms with Gasteiger partial charge in [0.1, 0.15) is 11.8 Å². The Labute approximate surface area is 135 Å². The molecule has 0 bridgehead atoms. The molecule has 0 radical (unpaired) electrons. The minimum absolute atomic E-state index is 0.0966. The van der Waals surface area contributed by atoms with Crippen LogP contribution in [0.3, 0.4) is 0 Å². The molecule has 23 heavy (non-hydrogen) atoms. The largest absolute Gasteiger partial charge is 0.370 e. The molecule has 122 valence electrons. The second kappa shape index (κ2) is 6.08. The third-order valence-corrected chi connectivity index (χ3v) is 4.25. The molecule has 0 saturated carbocycles. The Morgan fingerprint density at radius 2 is 2.00 bits per heavy atom. The van der Waals surface area contributed by atoms with Crippen LogP contribution >= 0.6 is 0 Å². The molecular formula is C16H21N5O2. The highest BCUT2D eigenvalue weighted by Crippen LogP contribution is 2.28. The van der Waals surface area contributed by atoms with Gasteiger partial charge in [-0.15, -0.1) is 0 Å². The first kappa shape index (κ1) is 15.6. The van der Waals surface area contributed by atoms with Gasteiger partial charge in [-0.3, -0.25) is 14.5 Å². The zero-order valence-electron chi connectivity index (χ0n) is 13.8. The number of hydrogen-bond acceptors (Lipinski definition) is 5.